The molecule has 4 aromatic rings. The van der Waals surface area contributed by atoms with E-state index in [1.807, 2.05) is 0 Å². The highest BCUT2D eigenvalue weighted by atomic mass is 32.1. The second-order valence-corrected chi connectivity index (χ2v) is 8.95. The Morgan fingerprint density at radius 1 is 0.862 bits per heavy atom. The molecule has 0 bridgehead atoms. The number of benzene rings is 3. The van der Waals surface area contributed by atoms with Gasteiger partial charge in [-0.1, -0.05) is 60.7 Å². The van der Waals surface area contributed by atoms with Crippen LogP contribution in [0.5, 0.6) is 0 Å². The predicted octanol–water partition coefficient (Wildman–Crippen LogP) is 6.84. The SMILES string of the molecule is C[N+]1=C(C=Cc2cccs2)C(C)(Cc2ccccc2)c2c1ccc1ccccc21. The fourth-order valence-electron chi connectivity index (χ4n) is 4.77. The second kappa shape index (κ2) is 7.13. The van der Waals surface area contributed by atoms with Gasteiger partial charge in [0.1, 0.15) is 7.05 Å². The molecule has 0 saturated heterocycles. The summed E-state index contributed by atoms with van der Waals surface area (Å²) < 4.78 is 2.38. The third-order valence-electron chi connectivity index (χ3n) is 6.10. The lowest BCUT2D eigenvalue weighted by Crippen LogP contribution is -2.33. The first-order valence-corrected chi connectivity index (χ1v) is 10.9. The van der Waals surface area contributed by atoms with Crippen molar-refractivity contribution in [1.29, 1.82) is 0 Å². The first kappa shape index (κ1) is 18.1. The summed E-state index contributed by atoms with van der Waals surface area (Å²) in [7, 11) is 2.21. The molecule has 1 atom stereocenters. The maximum absolute atomic E-state index is 2.41. The topological polar surface area (TPSA) is 3.01 Å². The van der Waals surface area contributed by atoms with Crippen LogP contribution in [-0.2, 0) is 11.8 Å². The number of thiophene rings is 1. The summed E-state index contributed by atoms with van der Waals surface area (Å²) in [4.78, 5) is 1.29. The quantitative estimate of drug-likeness (QED) is 0.333. The van der Waals surface area contributed by atoms with Crippen molar-refractivity contribution in [3.63, 3.8) is 0 Å². The minimum Gasteiger partial charge on any atom is -0.198 e. The smallest absolute Gasteiger partial charge is 0.198 e. The Hall–Kier alpha value is -2.97. The number of nitrogens with zero attached hydrogens (tertiary/aromatic N) is 1. The Morgan fingerprint density at radius 3 is 2.45 bits per heavy atom. The summed E-state index contributed by atoms with van der Waals surface area (Å²) in [6.07, 6.45) is 5.56. The lowest BCUT2D eigenvalue weighted by Gasteiger charge is -2.24. The molecule has 0 aliphatic carbocycles. The molecule has 5 rings (SSSR count). The van der Waals surface area contributed by atoms with E-state index in [0.717, 1.165) is 6.42 Å². The standard InChI is InChI=1S/C27H24NS/c1-27(19-20-9-4-3-5-10-20)25(17-15-22-12-8-18-29-22)28(2)24-16-14-21-11-6-7-13-23(21)26(24)27/h3-18H,19H2,1-2H3/q+1. The lowest BCUT2D eigenvalue weighted by atomic mass is 9.73. The highest BCUT2D eigenvalue weighted by molar-refractivity contribution is 7.10. The zero-order chi connectivity index (χ0) is 19.8. The molecule has 1 aliphatic rings. The Morgan fingerprint density at radius 2 is 1.66 bits per heavy atom. The van der Waals surface area contributed by atoms with Crippen LogP contribution in [0.15, 0.2) is 90.3 Å². The first-order valence-electron chi connectivity index (χ1n) is 10.1. The summed E-state index contributed by atoms with van der Waals surface area (Å²) in [6.45, 7) is 2.41. The van der Waals surface area contributed by atoms with Gasteiger partial charge in [0.15, 0.2) is 5.71 Å². The second-order valence-electron chi connectivity index (χ2n) is 7.97. The molecule has 3 aromatic carbocycles. The van der Waals surface area contributed by atoms with Crippen LogP contribution >= 0.6 is 11.3 Å². The average molecular weight is 395 g/mol. The van der Waals surface area contributed by atoms with Gasteiger partial charge in [-0.3, -0.25) is 0 Å². The number of rotatable bonds is 4. The molecule has 0 spiro atoms. The maximum atomic E-state index is 2.41. The van der Waals surface area contributed by atoms with Crippen LogP contribution in [-0.4, -0.2) is 17.3 Å². The van der Waals surface area contributed by atoms with E-state index in [1.54, 1.807) is 11.3 Å². The lowest BCUT2D eigenvalue weighted by molar-refractivity contribution is -0.401. The molecule has 2 heteroatoms. The third kappa shape index (κ3) is 3.04. The average Bonchev–Trinajstić information content (AvgIpc) is 3.33. The largest absolute Gasteiger partial charge is 0.210 e. The van der Waals surface area contributed by atoms with E-state index in [-0.39, 0.29) is 5.41 Å². The molecule has 0 radical (unpaired) electrons. The number of hydrogen-bond acceptors (Lipinski definition) is 1. The van der Waals surface area contributed by atoms with Crippen LogP contribution in [0.4, 0.5) is 5.69 Å². The minimum absolute atomic E-state index is 0.0972. The molecule has 1 unspecified atom stereocenters. The molecule has 1 nitrogen and oxygen atoms in total. The molecule has 0 saturated carbocycles. The molecule has 1 aliphatic heterocycles. The summed E-state index contributed by atoms with van der Waals surface area (Å²) in [5.74, 6) is 0. The molecule has 2 heterocycles. The Balaban J connectivity index is 1.72. The van der Waals surface area contributed by atoms with E-state index in [0.29, 0.717) is 0 Å². The van der Waals surface area contributed by atoms with Gasteiger partial charge in [0.05, 0.1) is 5.41 Å². The van der Waals surface area contributed by atoms with E-state index in [4.69, 9.17) is 0 Å². The van der Waals surface area contributed by atoms with Crippen molar-refractivity contribution in [3.8, 4) is 0 Å². The van der Waals surface area contributed by atoms with E-state index in [9.17, 15) is 0 Å². The van der Waals surface area contributed by atoms with Gasteiger partial charge in [0.2, 0.25) is 5.69 Å². The Kier molecular flexibility index (Phi) is 4.44. The van der Waals surface area contributed by atoms with Gasteiger partial charge in [-0.15, -0.1) is 11.3 Å². The van der Waals surface area contributed by atoms with E-state index < -0.39 is 0 Å². The molecular weight excluding hydrogens is 370 g/mol. The Bertz CT molecular complexity index is 1230. The van der Waals surface area contributed by atoms with E-state index in [1.165, 1.54) is 38.2 Å². The molecular formula is C27H24NS+. The highest BCUT2D eigenvalue weighted by Crippen LogP contribution is 2.45. The normalized spacial score (nSPS) is 18.7. The van der Waals surface area contributed by atoms with E-state index in [2.05, 4.69) is 115 Å². The van der Waals surface area contributed by atoms with Crippen molar-refractivity contribution in [1.82, 2.24) is 0 Å². The van der Waals surface area contributed by atoms with Crippen LogP contribution in [0.2, 0.25) is 0 Å². The first-order chi connectivity index (χ1) is 14.2. The van der Waals surface area contributed by atoms with Gasteiger partial charge < -0.3 is 0 Å². The summed E-state index contributed by atoms with van der Waals surface area (Å²) in [6, 6.07) is 28.5. The molecule has 0 N–H and O–H groups in total. The summed E-state index contributed by atoms with van der Waals surface area (Å²) >= 11 is 1.78. The number of allylic oxidation sites excluding steroid dienone is 1. The molecule has 142 valence electrons. The van der Waals surface area contributed by atoms with Gasteiger partial charge in [-0.2, -0.15) is 4.58 Å². The molecule has 29 heavy (non-hydrogen) atoms. The summed E-state index contributed by atoms with van der Waals surface area (Å²) in [5.41, 5.74) is 5.37. The van der Waals surface area contributed by atoms with Crippen molar-refractivity contribution < 1.29 is 4.58 Å². The monoisotopic (exact) mass is 394 g/mol. The van der Waals surface area contributed by atoms with Crippen molar-refractivity contribution in [3.05, 3.63) is 106 Å². The van der Waals surface area contributed by atoms with Crippen LogP contribution in [0.1, 0.15) is 22.9 Å². The third-order valence-corrected chi connectivity index (χ3v) is 6.93. The zero-order valence-electron chi connectivity index (χ0n) is 16.8. The molecule has 0 amide bonds. The fraction of sp³-hybridized carbons (Fsp3) is 0.148. The van der Waals surface area contributed by atoms with E-state index >= 15 is 0 Å². The predicted molar refractivity (Wildman–Crippen MR) is 126 cm³/mol. The van der Waals surface area contributed by atoms with Crippen molar-refractivity contribution in [2.45, 2.75) is 18.8 Å². The number of hydrogen-bond donors (Lipinski definition) is 0. The maximum Gasteiger partial charge on any atom is 0.210 e. The van der Waals surface area contributed by atoms with Gasteiger partial charge in [0, 0.05) is 22.6 Å². The van der Waals surface area contributed by atoms with Gasteiger partial charge in [-0.25, -0.2) is 0 Å². The highest BCUT2D eigenvalue weighted by Gasteiger charge is 2.47. The van der Waals surface area contributed by atoms with Crippen LogP contribution in [0.3, 0.4) is 0 Å². The molecule has 1 aromatic heterocycles. The number of fused-ring (bicyclic) bond motifs is 3. The fourth-order valence-corrected chi connectivity index (χ4v) is 5.39. The van der Waals surface area contributed by atoms with Crippen molar-refractivity contribution in [2.75, 3.05) is 7.05 Å². The van der Waals surface area contributed by atoms with Crippen LogP contribution < -0.4 is 0 Å². The van der Waals surface area contributed by atoms with Gasteiger partial charge >= 0.3 is 0 Å². The van der Waals surface area contributed by atoms with Gasteiger partial charge in [-0.05, 0) is 53.3 Å². The van der Waals surface area contributed by atoms with Crippen LogP contribution in [0, 0.1) is 0 Å². The Labute approximate surface area is 176 Å². The minimum atomic E-state index is -0.0972. The van der Waals surface area contributed by atoms with Crippen LogP contribution in [0.25, 0.3) is 16.8 Å². The van der Waals surface area contributed by atoms with Crippen molar-refractivity contribution in [2.24, 2.45) is 0 Å². The zero-order valence-corrected chi connectivity index (χ0v) is 17.6. The molecule has 0 fully saturated rings. The van der Waals surface area contributed by atoms with Crippen molar-refractivity contribution >= 4 is 39.6 Å². The van der Waals surface area contributed by atoms with Gasteiger partial charge in [0.25, 0.3) is 0 Å². The summed E-state index contributed by atoms with van der Waals surface area (Å²) in [5, 5.41) is 4.80.